The summed E-state index contributed by atoms with van der Waals surface area (Å²) >= 11 is 0. The third-order valence-corrected chi connectivity index (χ3v) is 5.33. The number of benzene rings is 2. The van der Waals surface area contributed by atoms with Gasteiger partial charge in [-0.1, -0.05) is 29.8 Å². The van der Waals surface area contributed by atoms with Crippen LogP contribution in [0, 0.1) is 33.6 Å². The summed E-state index contributed by atoms with van der Waals surface area (Å²) in [6.07, 6.45) is 0.0881. The van der Waals surface area contributed by atoms with Crippen molar-refractivity contribution in [1.82, 2.24) is 0 Å². The van der Waals surface area contributed by atoms with Crippen molar-refractivity contribution in [3.63, 3.8) is 0 Å². The first-order valence-corrected chi connectivity index (χ1v) is 9.66. The maximum Gasteiger partial charge on any atom is 0.311 e. The fourth-order valence-electron chi connectivity index (χ4n) is 3.53. The summed E-state index contributed by atoms with van der Waals surface area (Å²) in [5.74, 6) is -1.61. The fourth-order valence-corrected chi connectivity index (χ4v) is 3.53. The number of esters is 1. The minimum absolute atomic E-state index is 0.0881. The van der Waals surface area contributed by atoms with Gasteiger partial charge in [-0.15, -0.1) is 0 Å². The Hall–Kier alpha value is -3.15. The van der Waals surface area contributed by atoms with Gasteiger partial charge in [0.25, 0.3) is 5.91 Å². The number of ether oxygens (including phenoxy) is 1. The molecule has 1 heterocycles. The van der Waals surface area contributed by atoms with Gasteiger partial charge < -0.3 is 15.0 Å². The Morgan fingerprint density at radius 3 is 2.59 bits per heavy atom. The highest BCUT2D eigenvalue weighted by Gasteiger charge is 2.36. The van der Waals surface area contributed by atoms with Crippen LogP contribution in [0.2, 0.25) is 0 Å². The Bertz CT molecular complexity index is 967. The molecule has 3 rings (SSSR count). The summed E-state index contributed by atoms with van der Waals surface area (Å²) in [6, 6.07) is 11.5. The molecule has 1 aliphatic heterocycles. The maximum atomic E-state index is 12.4. The molecule has 0 saturated carbocycles. The second-order valence-electron chi connectivity index (χ2n) is 7.60. The van der Waals surface area contributed by atoms with Gasteiger partial charge in [0.15, 0.2) is 6.61 Å². The van der Waals surface area contributed by atoms with E-state index in [4.69, 9.17) is 4.74 Å². The molecule has 0 aromatic heterocycles. The SMILES string of the molecule is Cc1ccc(N2C[C@H](C(=O)OCC(=O)Nc3cccc(C)c3C)CC2=O)c(C)c1. The molecule has 0 bridgehead atoms. The molecule has 6 nitrogen and oxygen atoms in total. The number of hydrogen-bond acceptors (Lipinski definition) is 4. The van der Waals surface area contributed by atoms with Crippen molar-refractivity contribution in [3.05, 3.63) is 58.7 Å². The van der Waals surface area contributed by atoms with Crippen molar-refractivity contribution in [3.8, 4) is 0 Å². The van der Waals surface area contributed by atoms with Crippen molar-refractivity contribution in [2.45, 2.75) is 34.1 Å². The van der Waals surface area contributed by atoms with Gasteiger partial charge in [0.05, 0.1) is 5.92 Å². The molecule has 1 fully saturated rings. The van der Waals surface area contributed by atoms with E-state index in [9.17, 15) is 14.4 Å². The molecule has 2 aromatic rings. The van der Waals surface area contributed by atoms with Crippen LogP contribution < -0.4 is 10.2 Å². The van der Waals surface area contributed by atoms with Crippen LogP contribution in [0.25, 0.3) is 0 Å². The van der Waals surface area contributed by atoms with Gasteiger partial charge in [-0.25, -0.2) is 0 Å². The Kier molecular flexibility index (Phi) is 6.01. The van der Waals surface area contributed by atoms with Gasteiger partial charge in [0.2, 0.25) is 5.91 Å². The van der Waals surface area contributed by atoms with E-state index >= 15 is 0 Å². The standard InChI is InChI=1S/C23H26N2O4/c1-14-8-9-20(16(3)10-14)25-12-18(11-22(25)27)23(28)29-13-21(26)24-19-7-5-6-15(2)17(19)4/h5-10,18H,11-13H2,1-4H3,(H,24,26)/t18-/m1/s1. The van der Waals surface area contributed by atoms with Crippen molar-refractivity contribution in [1.29, 1.82) is 0 Å². The van der Waals surface area contributed by atoms with Gasteiger partial charge in [0.1, 0.15) is 0 Å². The molecular formula is C23H26N2O4. The van der Waals surface area contributed by atoms with Crippen LogP contribution in [0.4, 0.5) is 11.4 Å². The highest BCUT2D eigenvalue weighted by atomic mass is 16.5. The van der Waals surface area contributed by atoms with Gasteiger partial charge in [-0.3, -0.25) is 14.4 Å². The molecule has 29 heavy (non-hydrogen) atoms. The molecule has 2 aromatic carbocycles. The van der Waals surface area contributed by atoms with Crippen LogP contribution >= 0.6 is 0 Å². The zero-order valence-corrected chi connectivity index (χ0v) is 17.2. The molecule has 152 valence electrons. The monoisotopic (exact) mass is 394 g/mol. The Labute approximate surface area is 170 Å². The van der Waals surface area contributed by atoms with Crippen LogP contribution in [0.5, 0.6) is 0 Å². The lowest BCUT2D eigenvalue weighted by molar-refractivity contribution is -0.151. The summed E-state index contributed by atoms with van der Waals surface area (Å²) in [4.78, 5) is 38.6. The Morgan fingerprint density at radius 2 is 1.86 bits per heavy atom. The Balaban J connectivity index is 1.56. The largest absolute Gasteiger partial charge is 0.455 e. The molecular weight excluding hydrogens is 368 g/mol. The van der Waals surface area contributed by atoms with Gasteiger partial charge >= 0.3 is 5.97 Å². The highest BCUT2D eigenvalue weighted by molar-refractivity contribution is 6.00. The molecule has 2 amide bonds. The minimum atomic E-state index is -0.572. The lowest BCUT2D eigenvalue weighted by atomic mass is 10.1. The first kappa shape index (κ1) is 20.6. The third kappa shape index (κ3) is 4.65. The summed E-state index contributed by atoms with van der Waals surface area (Å²) in [6.45, 7) is 7.71. The zero-order chi connectivity index (χ0) is 21.1. The van der Waals surface area contributed by atoms with E-state index < -0.39 is 17.8 Å². The first-order chi connectivity index (χ1) is 13.8. The van der Waals surface area contributed by atoms with E-state index in [1.54, 1.807) is 11.0 Å². The Morgan fingerprint density at radius 1 is 1.10 bits per heavy atom. The average Bonchev–Trinajstić information content (AvgIpc) is 3.05. The van der Waals surface area contributed by atoms with E-state index in [1.165, 1.54) is 0 Å². The quantitative estimate of drug-likeness (QED) is 0.788. The molecule has 0 aliphatic carbocycles. The number of anilines is 2. The van der Waals surface area contributed by atoms with Crippen LogP contribution in [0.3, 0.4) is 0 Å². The predicted molar refractivity (Wildman–Crippen MR) is 112 cm³/mol. The van der Waals surface area contributed by atoms with E-state index in [0.29, 0.717) is 5.69 Å². The van der Waals surface area contributed by atoms with Crippen LogP contribution in [-0.4, -0.2) is 30.9 Å². The number of rotatable bonds is 5. The van der Waals surface area contributed by atoms with E-state index in [1.807, 2.05) is 58.0 Å². The van der Waals surface area contributed by atoms with Gasteiger partial charge in [0, 0.05) is 24.3 Å². The van der Waals surface area contributed by atoms with Crippen LogP contribution in [-0.2, 0) is 19.1 Å². The lowest BCUT2D eigenvalue weighted by Crippen LogP contribution is -2.28. The number of nitrogens with one attached hydrogen (secondary N) is 1. The van der Waals surface area contributed by atoms with E-state index in [2.05, 4.69) is 5.32 Å². The molecule has 0 spiro atoms. The summed E-state index contributed by atoms with van der Waals surface area (Å²) < 4.78 is 5.18. The average molecular weight is 394 g/mol. The molecule has 1 N–H and O–H groups in total. The number of aryl methyl sites for hydroxylation is 3. The van der Waals surface area contributed by atoms with Gasteiger partial charge in [-0.2, -0.15) is 0 Å². The topological polar surface area (TPSA) is 75.7 Å². The number of nitrogens with zero attached hydrogens (tertiary/aromatic N) is 1. The number of carbonyl (C=O) groups excluding carboxylic acids is 3. The minimum Gasteiger partial charge on any atom is -0.455 e. The molecule has 0 radical (unpaired) electrons. The zero-order valence-electron chi connectivity index (χ0n) is 17.2. The summed E-state index contributed by atoms with van der Waals surface area (Å²) in [5, 5.41) is 2.76. The molecule has 1 saturated heterocycles. The second kappa shape index (κ2) is 8.47. The van der Waals surface area contributed by atoms with Crippen molar-refractivity contribution in [2.75, 3.05) is 23.4 Å². The molecule has 1 aliphatic rings. The third-order valence-electron chi connectivity index (χ3n) is 5.33. The molecule has 1 atom stereocenters. The normalized spacial score (nSPS) is 16.1. The maximum absolute atomic E-state index is 12.4. The molecule has 0 unspecified atom stereocenters. The van der Waals surface area contributed by atoms with Gasteiger partial charge in [-0.05, 0) is 56.5 Å². The first-order valence-electron chi connectivity index (χ1n) is 9.66. The van der Waals surface area contributed by atoms with Crippen molar-refractivity contribution in [2.24, 2.45) is 5.92 Å². The van der Waals surface area contributed by atoms with E-state index in [0.717, 1.165) is 27.9 Å². The fraction of sp³-hybridized carbons (Fsp3) is 0.348. The number of amides is 2. The highest BCUT2D eigenvalue weighted by Crippen LogP contribution is 2.29. The smallest absolute Gasteiger partial charge is 0.311 e. The molecule has 6 heteroatoms. The van der Waals surface area contributed by atoms with E-state index in [-0.39, 0.29) is 25.5 Å². The van der Waals surface area contributed by atoms with Crippen LogP contribution in [0.15, 0.2) is 36.4 Å². The lowest BCUT2D eigenvalue weighted by Gasteiger charge is -2.19. The summed E-state index contributed by atoms with van der Waals surface area (Å²) in [7, 11) is 0. The summed E-state index contributed by atoms with van der Waals surface area (Å²) in [5.41, 5.74) is 5.64. The van der Waals surface area contributed by atoms with Crippen molar-refractivity contribution >= 4 is 29.2 Å². The van der Waals surface area contributed by atoms with Crippen molar-refractivity contribution < 1.29 is 19.1 Å². The number of carbonyl (C=O) groups is 3. The predicted octanol–water partition coefficient (Wildman–Crippen LogP) is 3.46. The second-order valence-corrected chi connectivity index (χ2v) is 7.60. The number of hydrogen-bond donors (Lipinski definition) is 1. The van der Waals surface area contributed by atoms with Crippen LogP contribution in [0.1, 0.15) is 28.7 Å².